The molecule has 30 heavy (non-hydrogen) atoms. The van der Waals surface area contributed by atoms with Crippen molar-refractivity contribution >= 4 is 29.5 Å². The molecule has 160 valence electrons. The van der Waals surface area contributed by atoms with Gasteiger partial charge >= 0.3 is 6.18 Å². The predicted octanol–water partition coefficient (Wildman–Crippen LogP) is 4.00. The van der Waals surface area contributed by atoms with Gasteiger partial charge in [-0.05, 0) is 31.2 Å². The van der Waals surface area contributed by atoms with Crippen molar-refractivity contribution in [2.24, 2.45) is 10.9 Å². The van der Waals surface area contributed by atoms with Crippen molar-refractivity contribution < 1.29 is 23.1 Å². The number of aliphatic imine (C=N–C) groups is 1. The number of likely N-dealkylation sites (tertiary alicyclic amines) is 1. The van der Waals surface area contributed by atoms with Gasteiger partial charge < -0.3 is 15.7 Å². The number of pyridine rings is 1. The number of nitrogens with two attached hydrogens (primary N) is 1. The van der Waals surface area contributed by atoms with Crippen molar-refractivity contribution in [1.29, 1.82) is 0 Å². The Bertz CT molecular complexity index is 995. The summed E-state index contributed by atoms with van der Waals surface area (Å²) >= 11 is 6.24. The summed E-state index contributed by atoms with van der Waals surface area (Å²) < 4.78 is 38.3. The highest BCUT2D eigenvalue weighted by Gasteiger charge is 2.31. The largest absolute Gasteiger partial charge is 0.507 e. The number of nitrogens with zero attached hydrogens (tertiary/aromatic N) is 3. The second kappa shape index (κ2) is 8.51. The van der Waals surface area contributed by atoms with E-state index in [0.717, 1.165) is 12.1 Å². The van der Waals surface area contributed by atoms with Gasteiger partial charge in [-0.1, -0.05) is 11.6 Å². The highest BCUT2D eigenvalue weighted by atomic mass is 35.5. The van der Waals surface area contributed by atoms with Crippen LogP contribution in [0.5, 0.6) is 5.75 Å². The average Bonchev–Trinajstić information content (AvgIpc) is 3.03. The molecule has 1 aliphatic rings. The SMILES string of the molecule is CCN1CC(CN=Cc2cc(Cl)c(-c3ccc(C(F)(F)F)cc3O)nc2N)CC1=O. The summed E-state index contributed by atoms with van der Waals surface area (Å²) in [5.41, 5.74) is 5.51. The fourth-order valence-corrected chi connectivity index (χ4v) is 3.56. The standard InChI is InChI=1S/C20H20ClF3N4O2/c1-2-28-10-11(5-17(28)30)8-26-9-12-6-15(21)18(27-19(12)25)14-4-3-13(7-16(14)29)20(22,23)24/h3-4,6-7,9,11,29H,2,5,8,10H2,1H3,(H2,25,27). The Balaban J connectivity index is 1.78. The smallest absolute Gasteiger partial charge is 0.416 e. The third kappa shape index (κ3) is 4.67. The van der Waals surface area contributed by atoms with E-state index >= 15 is 0 Å². The number of halogens is 4. The lowest BCUT2D eigenvalue weighted by Gasteiger charge is -2.12. The molecule has 0 radical (unpaired) electrons. The minimum atomic E-state index is -4.58. The number of carbonyl (C=O) groups excluding carboxylic acids is 1. The maximum absolute atomic E-state index is 12.8. The molecule has 1 amide bonds. The first-order valence-electron chi connectivity index (χ1n) is 9.24. The van der Waals surface area contributed by atoms with Crippen molar-refractivity contribution in [2.45, 2.75) is 19.5 Å². The van der Waals surface area contributed by atoms with Gasteiger partial charge in [-0.15, -0.1) is 0 Å². The molecule has 1 aromatic heterocycles. The molecule has 1 atom stereocenters. The van der Waals surface area contributed by atoms with Crippen molar-refractivity contribution in [3.05, 3.63) is 40.4 Å². The van der Waals surface area contributed by atoms with E-state index in [1.54, 1.807) is 4.90 Å². The molecule has 0 saturated carbocycles. The zero-order valence-corrected chi connectivity index (χ0v) is 16.8. The Morgan fingerprint density at radius 3 is 2.73 bits per heavy atom. The fourth-order valence-electron chi connectivity index (χ4n) is 3.30. The third-order valence-electron chi connectivity index (χ3n) is 4.89. The van der Waals surface area contributed by atoms with Crippen LogP contribution in [0.2, 0.25) is 5.02 Å². The zero-order valence-electron chi connectivity index (χ0n) is 16.1. The molecule has 0 bridgehead atoms. The average molecular weight is 441 g/mol. The first kappa shape index (κ1) is 21.9. The molecule has 3 N–H and O–H groups in total. The number of alkyl halides is 3. The second-order valence-electron chi connectivity index (χ2n) is 7.02. The van der Waals surface area contributed by atoms with E-state index in [-0.39, 0.29) is 33.9 Å². The van der Waals surface area contributed by atoms with Gasteiger partial charge in [-0.3, -0.25) is 9.79 Å². The van der Waals surface area contributed by atoms with Gasteiger partial charge in [0.05, 0.1) is 16.3 Å². The lowest BCUT2D eigenvalue weighted by atomic mass is 10.1. The van der Waals surface area contributed by atoms with Gasteiger partial charge in [-0.25, -0.2) is 4.98 Å². The number of hydrogen-bond acceptors (Lipinski definition) is 5. The van der Waals surface area contributed by atoms with Crippen LogP contribution in [0.4, 0.5) is 19.0 Å². The molecular weight excluding hydrogens is 421 g/mol. The van der Waals surface area contributed by atoms with Crippen LogP contribution in [-0.2, 0) is 11.0 Å². The summed E-state index contributed by atoms with van der Waals surface area (Å²) in [5.74, 6) is -0.300. The first-order chi connectivity index (χ1) is 14.1. The second-order valence-corrected chi connectivity index (χ2v) is 7.43. The number of carbonyl (C=O) groups is 1. The number of benzene rings is 1. The van der Waals surface area contributed by atoms with Crippen LogP contribution >= 0.6 is 11.6 Å². The van der Waals surface area contributed by atoms with Crippen molar-refractivity contribution in [3.63, 3.8) is 0 Å². The summed E-state index contributed by atoms with van der Waals surface area (Å²) in [7, 11) is 0. The quantitative estimate of drug-likeness (QED) is 0.687. The molecular formula is C20H20ClF3N4O2. The molecule has 1 aliphatic heterocycles. The summed E-state index contributed by atoms with van der Waals surface area (Å²) in [5, 5.41) is 10.1. The number of hydrogen-bond donors (Lipinski definition) is 2. The number of phenols is 1. The Kier molecular flexibility index (Phi) is 6.21. The van der Waals surface area contributed by atoms with E-state index < -0.39 is 17.5 Å². The number of aromatic nitrogens is 1. The summed E-state index contributed by atoms with van der Waals surface area (Å²) in [6.45, 7) is 3.70. The molecule has 1 aromatic carbocycles. The Hall–Kier alpha value is -2.81. The minimum Gasteiger partial charge on any atom is -0.507 e. The van der Waals surface area contributed by atoms with Gasteiger partial charge in [0.2, 0.25) is 5.91 Å². The predicted molar refractivity (Wildman–Crippen MR) is 109 cm³/mol. The van der Waals surface area contributed by atoms with Gasteiger partial charge in [0, 0.05) is 49.3 Å². The zero-order chi connectivity index (χ0) is 22.1. The first-order valence-corrected chi connectivity index (χ1v) is 9.62. The van der Waals surface area contributed by atoms with Crippen LogP contribution in [0.25, 0.3) is 11.3 Å². The van der Waals surface area contributed by atoms with E-state index in [9.17, 15) is 23.1 Å². The molecule has 0 aliphatic carbocycles. The highest BCUT2D eigenvalue weighted by Crippen LogP contribution is 2.38. The minimum absolute atomic E-state index is 0.0345. The highest BCUT2D eigenvalue weighted by molar-refractivity contribution is 6.33. The number of phenolic OH excluding ortho intramolecular Hbond substituents is 1. The van der Waals surface area contributed by atoms with E-state index in [0.29, 0.717) is 37.7 Å². The molecule has 1 saturated heterocycles. The van der Waals surface area contributed by atoms with Gasteiger partial charge in [0.1, 0.15) is 11.6 Å². The summed E-state index contributed by atoms with van der Waals surface area (Å²) in [6.07, 6.45) is -2.62. The third-order valence-corrected chi connectivity index (χ3v) is 5.18. The normalized spacial score (nSPS) is 17.3. The lowest BCUT2D eigenvalue weighted by Crippen LogP contribution is -2.24. The van der Waals surface area contributed by atoms with Crippen molar-refractivity contribution in [3.8, 4) is 17.0 Å². The molecule has 3 rings (SSSR count). The Labute approximate surface area is 176 Å². The van der Waals surface area contributed by atoms with Crippen molar-refractivity contribution in [1.82, 2.24) is 9.88 Å². The number of nitrogen functional groups attached to an aromatic ring is 1. The van der Waals surface area contributed by atoms with E-state index in [2.05, 4.69) is 9.98 Å². The Morgan fingerprint density at radius 2 is 2.13 bits per heavy atom. The molecule has 6 nitrogen and oxygen atoms in total. The van der Waals surface area contributed by atoms with Crippen LogP contribution in [-0.4, -0.2) is 46.7 Å². The number of anilines is 1. The molecule has 10 heteroatoms. The molecule has 2 heterocycles. The van der Waals surface area contributed by atoms with E-state index in [1.165, 1.54) is 12.3 Å². The van der Waals surface area contributed by atoms with Crippen LogP contribution in [0, 0.1) is 5.92 Å². The van der Waals surface area contributed by atoms with Gasteiger partial charge in [-0.2, -0.15) is 13.2 Å². The molecule has 1 fully saturated rings. The maximum atomic E-state index is 12.8. The number of aromatic hydroxyl groups is 1. The van der Waals surface area contributed by atoms with E-state index in [4.69, 9.17) is 17.3 Å². The Morgan fingerprint density at radius 1 is 1.40 bits per heavy atom. The monoisotopic (exact) mass is 440 g/mol. The van der Waals surface area contributed by atoms with Gasteiger partial charge in [0.25, 0.3) is 0 Å². The number of rotatable bonds is 5. The van der Waals surface area contributed by atoms with Crippen LogP contribution in [0.15, 0.2) is 29.3 Å². The van der Waals surface area contributed by atoms with Crippen molar-refractivity contribution in [2.75, 3.05) is 25.4 Å². The van der Waals surface area contributed by atoms with Crippen LogP contribution < -0.4 is 5.73 Å². The molecule has 2 aromatic rings. The van der Waals surface area contributed by atoms with E-state index in [1.807, 2.05) is 6.92 Å². The fraction of sp³-hybridized carbons (Fsp3) is 0.350. The lowest BCUT2D eigenvalue weighted by molar-refractivity contribution is -0.137. The topological polar surface area (TPSA) is 91.8 Å². The maximum Gasteiger partial charge on any atom is 0.416 e. The summed E-state index contributed by atoms with van der Waals surface area (Å²) in [4.78, 5) is 22.0. The van der Waals surface area contributed by atoms with Crippen LogP contribution in [0.3, 0.4) is 0 Å². The molecule has 0 spiro atoms. The van der Waals surface area contributed by atoms with Crippen LogP contribution in [0.1, 0.15) is 24.5 Å². The molecule has 1 unspecified atom stereocenters. The number of amides is 1. The summed E-state index contributed by atoms with van der Waals surface area (Å²) in [6, 6.07) is 4.02. The van der Waals surface area contributed by atoms with Gasteiger partial charge in [0.15, 0.2) is 0 Å².